The molecule has 0 spiro atoms. The second-order valence-corrected chi connectivity index (χ2v) is 3.02. The van der Waals surface area contributed by atoms with Crippen molar-refractivity contribution in [3.8, 4) is 0 Å². The Hall–Kier alpha value is -1.45. The molecule has 0 saturated carbocycles. The number of benzene rings is 1. The van der Waals surface area contributed by atoms with Gasteiger partial charge in [-0.1, -0.05) is 17.6 Å². The van der Waals surface area contributed by atoms with Crippen LogP contribution in [0.15, 0.2) is 30.5 Å². The Morgan fingerprint density at radius 1 is 1.21 bits per heavy atom. The Labute approximate surface area is 81.2 Å². The van der Waals surface area contributed by atoms with Gasteiger partial charge < -0.3 is 0 Å². The van der Waals surface area contributed by atoms with Crippen molar-refractivity contribution in [3.63, 3.8) is 0 Å². The van der Waals surface area contributed by atoms with E-state index in [-0.39, 0.29) is 5.56 Å². The minimum atomic E-state index is -2.48. The van der Waals surface area contributed by atoms with Gasteiger partial charge in [-0.25, -0.2) is 8.78 Å². The van der Waals surface area contributed by atoms with E-state index >= 15 is 0 Å². The molecule has 0 atom stereocenters. The molecule has 0 amide bonds. The molecule has 1 nitrogen and oxygen atoms in total. The van der Waals surface area contributed by atoms with Gasteiger partial charge in [0.25, 0.3) is 6.43 Å². The quantitative estimate of drug-likeness (QED) is 0.624. The van der Waals surface area contributed by atoms with Crippen molar-refractivity contribution in [2.24, 2.45) is 0 Å². The van der Waals surface area contributed by atoms with Crippen LogP contribution in [-0.4, -0.2) is 12.8 Å². The van der Waals surface area contributed by atoms with Crippen LogP contribution in [0.3, 0.4) is 0 Å². The molecule has 0 saturated heterocycles. The summed E-state index contributed by atoms with van der Waals surface area (Å²) < 4.78 is 24.6. The summed E-state index contributed by atoms with van der Waals surface area (Å²) in [5.74, 6) is 0. The van der Waals surface area contributed by atoms with Gasteiger partial charge in [0.1, 0.15) is 7.85 Å². The number of alkyl halides is 2. The van der Waals surface area contributed by atoms with E-state index in [1.807, 2.05) is 0 Å². The van der Waals surface area contributed by atoms with Gasteiger partial charge in [0.2, 0.25) is 0 Å². The highest BCUT2D eigenvalue weighted by Crippen LogP contribution is 2.20. The van der Waals surface area contributed by atoms with Crippen molar-refractivity contribution >= 4 is 24.2 Å². The lowest BCUT2D eigenvalue weighted by Gasteiger charge is -2.02. The summed E-state index contributed by atoms with van der Waals surface area (Å²) >= 11 is 0. The molecule has 0 unspecified atom stereocenters. The molecule has 0 N–H and O–H groups in total. The summed E-state index contributed by atoms with van der Waals surface area (Å²) in [6.45, 7) is 0. The maximum atomic E-state index is 12.3. The van der Waals surface area contributed by atoms with Crippen LogP contribution in [0.1, 0.15) is 12.0 Å². The third-order valence-electron chi connectivity index (χ3n) is 1.98. The predicted molar refractivity (Wildman–Crippen MR) is 52.1 cm³/mol. The number of hydrogen-bond acceptors (Lipinski definition) is 1. The van der Waals surface area contributed by atoms with Crippen LogP contribution in [0.5, 0.6) is 0 Å². The van der Waals surface area contributed by atoms with Gasteiger partial charge in [-0.2, -0.15) is 0 Å². The molecule has 2 rings (SSSR count). The Kier molecular flexibility index (Phi) is 2.19. The molecule has 2 aromatic rings. The fraction of sp³-hybridized carbons (Fsp3) is 0.100. The van der Waals surface area contributed by atoms with Crippen molar-refractivity contribution in [1.29, 1.82) is 0 Å². The molecule has 1 heterocycles. The smallest absolute Gasteiger partial charge is 0.256 e. The molecule has 2 radical (unpaired) electrons. The first-order valence-corrected chi connectivity index (χ1v) is 4.10. The Morgan fingerprint density at radius 2 is 2.00 bits per heavy atom. The van der Waals surface area contributed by atoms with E-state index in [1.165, 1.54) is 12.3 Å². The lowest BCUT2D eigenvalue weighted by molar-refractivity contribution is 0.151. The maximum absolute atomic E-state index is 12.3. The highest BCUT2D eigenvalue weighted by Gasteiger charge is 2.07. The van der Waals surface area contributed by atoms with E-state index in [2.05, 4.69) is 4.98 Å². The molecule has 0 aliphatic heterocycles. The third kappa shape index (κ3) is 1.60. The first-order valence-electron chi connectivity index (χ1n) is 4.10. The molecule has 0 bridgehead atoms. The summed E-state index contributed by atoms with van der Waals surface area (Å²) in [4.78, 5) is 3.90. The van der Waals surface area contributed by atoms with Crippen molar-refractivity contribution in [3.05, 3.63) is 36.0 Å². The lowest BCUT2D eigenvalue weighted by Crippen LogP contribution is -2.00. The topological polar surface area (TPSA) is 12.9 Å². The predicted octanol–water partition coefficient (Wildman–Crippen LogP) is 1.97. The van der Waals surface area contributed by atoms with Crippen LogP contribution < -0.4 is 5.46 Å². The van der Waals surface area contributed by atoms with Gasteiger partial charge >= 0.3 is 0 Å². The standard InChI is InChI=1S/C10H6BF2N/c11-8-2-1-6-3-7(10(12)13)5-14-9(6)4-8/h1-5,10H. The summed E-state index contributed by atoms with van der Waals surface area (Å²) in [6.07, 6.45) is -1.31. The van der Waals surface area contributed by atoms with Crippen molar-refractivity contribution in [2.75, 3.05) is 0 Å². The molecule has 0 aliphatic rings. The lowest BCUT2D eigenvalue weighted by atomic mass is 9.95. The first-order chi connectivity index (χ1) is 6.66. The SMILES string of the molecule is [B]c1ccc2cc(C(F)F)cnc2c1. The van der Waals surface area contributed by atoms with Crippen LogP contribution in [-0.2, 0) is 0 Å². The fourth-order valence-electron chi connectivity index (χ4n) is 1.27. The second kappa shape index (κ2) is 3.37. The zero-order valence-electron chi connectivity index (χ0n) is 7.24. The Morgan fingerprint density at radius 3 is 2.71 bits per heavy atom. The van der Waals surface area contributed by atoms with E-state index in [4.69, 9.17) is 7.85 Å². The number of hydrogen-bond donors (Lipinski definition) is 0. The monoisotopic (exact) mass is 189 g/mol. The molecule has 1 aromatic carbocycles. The maximum Gasteiger partial charge on any atom is 0.265 e. The molecule has 0 aliphatic carbocycles. The van der Waals surface area contributed by atoms with Crippen LogP contribution in [0.2, 0.25) is 0 Å². The van der Waals surface area contributed by atoms with Gasteiger partial charge in [-0.15, -0.1) is 0 Å². The average Bonchev–Trinajstić information content (AvgIpc) is 2.16. The highest BCUT2D eigenvalue weighted by atomic mass is 19.3. The summed E-state index contributed by atoms with van der Waals surface area (Å²) in [5.41, 5.74) is 1.14. The number of rotatable bonds is 1. The molecule has 68 valence electrons. The second-order valence-electron chi connectivity index (χ2n) is 3.02. The summed E-state index contributed by atoms with van der Waals surface area (Å²) in [5, 5.41) is 0.678. The zero-order valence-corrected chi connectivity index (χ0v) is 7.24. The minimum absolute atomic E-state index is 0.0673. The number of halogens is 2. The number of fused-ring (bicyclic) bond motifs is 1. The number of nitrogens with zero attached hydrogens (tertiary/aromatic N) is 1. The van der Waals surface area contributed by atoms with Crippen molar-refractivity contribution < 1.29 is 8.78 Å². The molecule has 0 fully saturated rings. The molecular weight excluding hydrogens is 183 g/mol. The Balaban J connectivity index is 2.62. The van der Waals surface area contributed by atoms with Gasteiger partial charge in [0.15, 0.2) is 0 Å². The van der Waals surface area contributed by atoms with Gasteiger partial charge in [0.05, 0.1) is 5.52 Å². The fourth-order valence-corrected chi connectivity index (χ4v) is 1.27. The molecular formula is C10H6BF2N. The summed E-state index contributed by atoms with van der Waals surface area (Å²) in [6, 6.07) is 6.43. The van der Waals surface area contributed by atoms with E-state index in [1.54, 1.807) is 18.2 Å². The van der Waals surface area contributed by atoms with Gasteiger partial charge in [0, 0.05) is 17.1 Å². The Bertz CT molecular complexity index is 471. The number of aromatic nitrogens is 1. The molecule has 4 heteroatoms. The first kappa shape index (κ1) is 9.12. The normalized spacial score (nSPS) is 11.1. The van der Waals surface area contributed by atoms with Gasteiger partial charge in [-0.3, -0.25) is 4.98 Å². The van der Waals surface area contributed by atoms with Crippen molar-refractivity contribution in [2.45, 2.75) is 6.43 Å². The molecule has 14 heavy (non-hydrogen) atoms. The van der Waals surface area contributed by atoms with Crippen LogP contribution in [0, 0.1) is 0 Å². The highest BCUT2D eigenvalue weighted by molar-refractivity contribution is 6.33. The van der Waals surface area contributed by atoms with Crippen molar-refractivity contribution in [1.82, 2.24) is 4.98 Å². The number of pyridine rings is 1. The summed E-state index contributed by atoms with van der Waals surface area (Å²) in [7, 11) is 5.53. The minimum Gasteiger partial charge on any atom is -0.256 e. The van der Waals surface area contributed by atoms with E-state index < -0.39 is 6.43 Å². The average molecular weight is 189 g/mol. The van der Waals surface area contributed by atoms with E-state index in [9.17, 15) is 8.78 Å². The molecule has 1 aromatic heterocycles. The zero-order chi connectivity index (χ0) is 10.1. The van der Waals surface area contributed by atoms with Gasteiger partial charge in [-0.05, 0) is 12.1 Å². The van der Waals surface area contributed by atoms with Crippen LogP contribution in [0.4, 0.5) is 8.78 Å². The van der Waals surface area contributed by atoms with Crippen LogP contribution >= 0.6 is 0 Å². The van der Waals surface area contributed by atoms with E-state index in [0.29, 0.717) is 16.4 Å². The third-order valence-corrected chi connectivity index (χ3v) is 1.98. The largest absolute Gasteiger partial charge is 0.265 e. The van der Waals surface area contributed by atoms with Crippen LogP contribution in [0.25, 0.3) is 10.9 Å². The van der Waals surface area contributed by atoms with E-state index in [0.717, 1.165) is 0 Å².